The van der Waals surface area contributed by atoms with Gasteiger partial charge in [-0.25, -0.2) is 4.79 Å². The van der Waals surface area contributed by atoms with Crippen molar-refractivity contribution in [3.63, 3.8) is 0 Å². The Morgan fingerprint density at radius 2 is 2.15 bits per heavy atom. The molecule has 20 heavy (non-hydrogen) atoms. The van der Waals surface area contributed by atoms with Gasteiger partial charge in [0.15, 0.2) is 0 Å². The molecule has 2 aromatic rings. The quantitative estimate of drug-likeness (QED) is 0.682. The first-order valence-electron chi connectivity index (χ1n) is 6.54. The van der Waals surface area contributed by atoms with E-state index in [4.69, 9.17) is 4.42 Å². The van der Waals surface area contributed by atoms with Crippen molar-refractivity contribution in [3.05, 3.63) is 40.2 Å². The predicted octanol–water partition coefficient (Wildman–Crippen LogP) is 2.38. The van der Waals surface area contributed by atoms with Gasteiger partial charge in [-0.3, -0.25) is 4.79 Å². The van der Waals surface area contributed by atoms with Crippen LogP contribution in [0.3, 0.4) is 0 Å². The molecule has 0 aliphatic carbocycles. The van der Waals surface area contributed by atoms with Crippen LogP contribution in [0, 0.1) is 12.8 Å². The van der Waals surface area contributed by atoms with E-state index in [0.717, 1.165) is 16.6 Å². The van der Waals surface area contributed by atoms with Crippen LogP contribution in [0.25, 0.3) is 11.0 Å². The van der Waals surface area contributed by atoms with Crippen LogP contribution in [-0.4, -0.2) is 18.2 Å². The first kappa shape index (κ1) is 13.2. The molecular weight excluding hydrogens is 274 g/mol. The lowest BCUT2D eigenvalue weighted by Crippen LogP contribution is -2.24. The number of amides is 1. The van der Waals surface area contributed by atoms with Gasteiger partial charge in [0.1, 0.15) is 5.58 Å². The first-order valence-corrected chi connectivity index (χ1v) is 7.17. The summed E-state index contributed by atoms with van der Waals surface area (Å²) in [4.78, 5) is 25.2. The number of hydrogen-bond donors (Lipinski definition) is 1. The molecule has 104 valence electrons. The number of aryl methyl sites for hydroxylation is 1. The van der Waals surface area contributed by atoms with Crippen molar-refractivity contribution in [2.45, 2.75) is 13.3 Å². The fraction of sp³-hybridized carbons (Fsp3) is 0.333. The lowest BCUT2D eigenvalue weighted by molar-refractivity contribution is -0.117. The summed E-state index contributed by atoms with van der Waals surface area (Å²) in [6.45, 7) is 2.54. The molecule has 1 aromatic heterocycles. The maximum atomic E-state index is 12.0. The zero-order chi connectivity index (χ0) is 14.3. The lowest BCUT2D eigenvalue weighted by Gasteiger charge is -2.17. The SMILES string of the molecule is Cc1cc(=O)oc2cc(N3CC(CS)CC3=O)ccc12. The molecular formula is C15H15NO3S. The Balaban J connectivity index is 2.05. The molecule has 1 aliphatic rings. The van der Waals surface area contributed by atoms with Gasteiger partial charge in [0.2, 0.25) is 5.91 Å². The average molecular weight is 289 g/mol. The van der Waals surface area contributed by atoms with Crippen molar-refractivity contribution in [1.29, 1.82) is 0 Å². The summed E-state index contributed by atoms with van der Waals surface area (Å²) in [6.07, 6.45) is 0.527. The van der Waals surface area contributed by atoms with Crippen molar-refractivity contribution in [3.8, 4) is 0 Å². The van der Waals surface area contributed by atoms with E-state index >= 15 is 0 Å². The second kappa shape index (κ2) is 4.98. The number of fused-ring (bicyclic) bond motifs is 1. The summed E-state index contributed by atoms with van der Waals surface area (Å²) >= 11 is 4.26. The summed E-state index contributed by atoms with van der Waals surface area (Å²) in [5.74, 6) is 1.08. The molecule has 3 rings (SSSR count). The van der Waals surface area contributed by atoms with E-state index in [9.17, 15) is 9.59 Å². The smallest absolute Gasteiger partial charge is 0.336 e. The third-order valence-electron chi connectivity index (χ3n) is 3.71. The number of thiol groups is 1. The first-order chi connectivity index (χ1) is 9.58. The van der Waals surface area contributed by atoms with Crippen molar-refractivity contribution < 1.29 is 9.21 Å². The number of rotatable bonds is 2. The second-order valence-electron chi connectivity index (χ2n) is 5.19. The summed E-state index contributed by atoms with van der Waals surface area (Å²) in [5, 5.41) is 0.894. The number of hydrogen-bond acceptors (Lipinski definition) is 4. The van der Waals surface area contributed by atoms with E-state index in [-0.39, 0.29) is 17.5 Å². The minimum Gasteiger partial charge on any atom is -0.423 e. The molecule has 0 radical (unpaired) electrons. The number of carbonyl (C=O) groups excluding carboxylic acids is 1. The Labute approximate surface area is 121 Å². The van der Waals surface area contributed by atoms with Gasteiger partial charge in [-0.05, 0) is 36.3 Å². The molecule has 0 bridgehead atoms. The van der Waals surface area contributed by atoms with E-state index in [1.54, 1.807) is 11.0 Å². The lowest BCUT2D eigenvalue weighted by atomic mass is 10.1. The van der Waals surface area contributed by atoms with Crippen LogP contribution >= 0.6 is 12.6 Å². The highest BCUT2D eigenvalue weighted by Gasteiger charge is 2.29. The Bertz CT molecular complexity index is 737. The van der Waals surface area contributed by atoms with Gasteiger partial charge in [-0.1, -0.05) is 0 Å². The minimum absolute atomic E-state index is 0.0957. The maximum absolute atomic E-state index is 12.0. The standard InChI is InChI=1S/C15H15NO3S/c1-9-4-15(18)19-13-6-11(2-3-12(9)13)16-7-10(8-20)5-14(16)17/h2-4,6,10,20H,5,7-8H2,1H3. The summed E-state index contributed by atoms with van der Waals surface area (Å²) < 4.78 is 5.22. The van der Waals surface area contributed by atoms with Crippen molar-refractivity contribution >= 4 is 35.2 Å². The van der Waals surface area contributed by atoms with E-state index < -0.39 is 0 Å². The van der Waals surface area contributed by atoms with Crippen LogP contribution in [-0.2, 0) is 4.79 Å². The van der Waals surface area contributed by atoms with E-state index in [0.29, 0.717) is 24.3 Å². The van der Waals surface area contributed by atoms with Gasteiger partial charge >= 0.3 is 5.63 Å². The number of anilines is 1. The fourth-order valence-electron chi connectivity index (χ4n) is 2.63. The molecule has 4 nitrogen and oxygen atoms in total. The van der Waals surface area contributed by atoms with Crippen LogP contribution < -0.4 is 10.5 Å². The average Bonchev–Trinajstić information content (AvgIpc) is 2.79. The van der Waals surface area contributed by atoms with Crippen molar-refractivity contribution in [1.82, 2.24) is 0 Å². The monoisotopic (exact) mass is 289 g/mol. The van der Waals surface area contributed by atoms with E-state index in [1.165, 1.54) is 6.07 Å². The number of carbonyl (C=O) groups is 1. The third-order valence-corrected chi connectivity index (χ3v) is 4.23. The zero-order valence-corrected chi connectivity index (χ0v) is 12.0. The molecule has 0 spiro atoms. The predicted molar refractivity (Wildman–Crippen MR) is 81.5 cm³/mol. The van der Waals surface area contributed by atoms with Gasteiger partial charge in [0.25, 0.3) is 0 Å². The highest BCUT2D eigenvalue weighted by molar-refractivity contribution is 7.80. The Hall–Kier alpha value is -1.75. The highest BCUT2D eigenvalue weighted by Crippen LogP contribution is 2.28. The van der Waals surface area contributed by atoms with Gasteiger partial charge in [0.05, 0.1) is 0 Å². The van der Waals surface area contributed by atoms with Gasteiger partial charge in [-0.15, -0.1) is 0 Å². The number of nitrogens with zero attached hydrogens (tertiary/aromatic N) is 1. The second-order valence-corrected chi connectivity index (χ2v) is 5.55. The maximum Gasteiger partial charge on any atom is 0.336 e. The van der Waals surface area contributed by atoms with Crippen LogP contribution in [0.15, 0.2) is 33.5 Å². The van der Waals surface area contributed by atoms with Crippen molar-refractivity contribution in [2.75, 3.05) is 17.2 Å². The minimum atomic E-state index is -0.367. The molecule has 0 saturated carbocycles. The molecule has 1 aromatic carbocycles. The Morgan fingerprint density at radius 3 is 2.85 bits per heavy atom. The third kappa shape index (κ3) is 2.22. The molecule has 1 saturated heterocycles. The summed E-state index contributed by atoms with van der Waals surface area (Å²) in [7, 11) is 0. The van der Waals surface area contributed by atoms with Crippen molar-refractivity contribution in [2.24, 2.45) is 5.92 Å². The molecule has 1 fully saturated rings. The van der Waals surface area contributed by atoms with E-state index in [2.05, 4.69) is 12.6 Å². The summed E-state index contributed by atoms with van der Waals surface area (Å²) in [6, 6.07) is 7.03. The molecule has 5 heteroatoms. The van der Waals surface area contributed by atoms with Crippen LogP contribution in [0.5, 0.6) is 0 Å². The van der Waals surface area contributed by atoms with Gasteiger partial charge in [-0.2, -0.15) is 12.6 Å². The molecule has 1 unspecified atom stereocenters. The highest BCUT2D eigenvalue weighted by atomic mass is 32.1. The number of benzene rings is 1. The van der Waals surface area contributed by atoms with Crippen LogP contribution in [0.2, 0.25) is 0 Å². The topological polar surface area (TPSA) is 50.5 Å². The molecule has 0 N–H and O–H groups in total. The van der Waals surface area contributed by atoms with Gasteiger partial charge in [0, 0.05) is 36.2 Å². The molecule has 2 heterocycles. The Kier molecular flexibility index (Phi) is 3.30. The summed E-state index contributed by atoms with van der Waals surface area (Å²) in [5.41, 5.74) is 1.81. The fourth-order valence-corrected chi connectivity index (χ4v) is 2.88. The zero-order valence-electron chi connectivity index (χ0n) is 11.1. The van der Waals surface area contributed by atoms with E-state index in [1.807, 2.05) is 19.1 Å². The molecule has 1 atom stereocenters. The Morgan fingerprint density at radius 1 is 1.35 bits per heavy atom. The van der Waals surface area contributed by atoms with Gasteiger partial charge < -0.3 is 9.32 Å². The normalized spacial score (nSPS) is 19.0. The van der Waals surface area contributed by atoms with Crippen LogP contribution in [0.1, 0.15) is 12.0 Å². The molecule has 1 aliphatic heterocycles. The largest absolute Gasteiger partial charge is 0.423 e. The van der Waals surface area contributed by atoms with Crippen LogP contribution in [0.4, 0.5) is 5.69 Å². The molecule has 1 amide bonds.